The molecule has 1 heterocycles. The van der Waals surface area contributed by atoms with Crippen LogP contribution < -0.4 is 0 Å². The molecule has 2 nitrogen and oxygen atoms in total. The van der Waals surface area contributed by atoms with Gasteiger partial charge in [0.1, 0.15) is 0 Å². The Balaban J connectivity index is 1.46. The first-order valence-electron chi connectivity index (χ1n) is 10.0. The van der Waals surface area contributed by atoms with Crippen LogP contribution in [0.3, 0.4) is 0 Å². The van der Waals surface area contributed by atoms with Crippen molar-refractivity contribution in [2.45, 2.75) is 77.4 Å². The SMILES string of the molecule is C[C@]12CC[C@H]3[C@@H](CC=C4C[C@@H](O)CC[C@@]43C)[C@@H]1CC[C@@H]2[C@@H]1CO1. The minimum atomic E-state index is -0.0809. The van der Waals surface area contributed by atoms with Crippen molar-refractivity contribution in [1.82, 2.24) is 0 Å². The second-order valence-corrected chi connectivity index (χ2v) is 9.76. The van der Waals surface area contributed by atoms with E-state index in [2.05, 4.69) is 19.9 Å². The predicted octanol–water partition coefficient (Wildman–Crippen LogP) is 4.33. The van der Waals surface area contributed by atoms with Crippen molar-refractivity contribution in [2.24, 2.45) is 34.5 Å². The zero-order chi connectivity index (χ0) is 15.8. The Morgan fingerprint density at radius 3 is 2.61 bits per heavy atom. The summed E-state index contributed by atoms with van der Waals surface area (Å²) in [7, 11) is 0. The number of aliphatic hydroxyl groups excluding tert-OH is 1. The molecule has 0 aromatic rings. The first kappa shape index (κ1) is 15.0. The standard InChI is InChI=1S/C21H32O2/c1-20-9-7-14(22)11-13(20)3-4-15-16-5-6-18(19-12-23-19)21(16,2)10-8-17(15)20/h3,14-19,22H,4-12H2,1-2H3/t14-,15-,16-,17-,18+,19-,20-,21-/m0/s1. The lowest BCUT2D eigenvalue weighted by molar-refractivity contribution is -0.0527. The van der Waals surface area contributed by atoms with Crippen LogP contribution in [-0.4, -0.2) is 23.9 Å². The third-order valence-corrected chi connectivity index (χ3v) is 8.96. The van der Waals surface area contributed by atoms with Gasteiger partial charge < -0.3 is 9.84 Å². The molecule has 1 aliphatic heterocycles. The molecule has 5 rings (SSSR count). The first-order chi connectivity index (χ1) is 11.0. The number of hydrogen-bond donors (Lipinski definition) is 1. The molecule has 1 N–H and O–H groups in total. The summed E-state index contributed by atoms with van der Waals surface area (Å²) in [4.78, 5) is 0. The summed E-state index contributed by atoms with van der Waals surface area (Å²) >= 11 is 0. The highest BCUT2D eigenvalue weighted by Crippen LogP contribution is 2.67. The smallest absolute Gasteiger partial charge is 0.0843 e. The highest BCUT2D eigenvalue weighted by molar-refractivity contribution is 5.25. The van der Waals surface area contributed by atoms with Gasteiger partial charge in [-0.25, -0.2) is 0 Å². The van der Waals surface area contributed by atoms with E-state index in [9.17, 15) is 5.11 Å². The highest BCUT2D eigenvalue weighted by atomic mass is 16.6. The minimum absolute atomic E-state index is 0.0809. The molecule has 3 saturated carbocycles. The van der Waals surface area contributed by atoms with Gasteiger partial charge in [0.2, 0.25) is 0 Å². The highest BCUT2D eigenvalue weighted by Gasteiger charge is 2.60. The lowest BCUT2D eigenvalue weighted by atomic mass is 9.47. The minimum Gasteiger partial charge on any atom is -0.393 e. The Morgan fingerprint density at radius 1 is 1.04 bits per heavy atom. The molecular weight excluding hydrogens is 284 g/mol. The molecule has 0 spiro atoms. The van der Waals surface area contributed by atoms with Crippen molar-refractivity contribution in [2.75, 3.05) is 6.61 Å². The van der Waals surface area contributed by atoms with Gasteiger partial charge in [-0.3, -0.25) is 0 Å². The molecule has 23 heavy (non-hydrogen) atoms. The van der Waals surface area contributed by atoms with Crippen LogP contribution in [0.5, 0.6) is 0 Å². The van der Waals surface area contributed by atoms with E-state index in [-0.39, 0.29) is 6.10 Å². The van der Waals surface area contributed by atoms with Crippen molar-refractivity contribution in [3.05, 3.63) is 11.6 Å². The van der Waals surface area contributed by atoms with E-state index < -0.39 is 0 Å². The van der Waals surface area contributed by atoms with Crippen LogP contribution in [0, 0.1) is 34.5 Å². The maximum Gasteiger partial charge on any atom is 0.0843 e. The van der Waals surface area contributed by atoms with Crippen LogP contribution in [0.1, 0.15) is 65.2 Å². The molecule has 2 heteroatoms. The summed E-state index contributed by atoms with van der Waals surface area (Å²) in [5.74, 6) is 3.50. The van der Waals surface area contributed by atoms with Crippen molar-refractivity contribution in [3.63, 3.8) is 0 Å². The van der Waals surface area contributed by atoms with Gasteiger partial charge in [0.05, 0.1) is 18.8 Å². The molecule has 4 fully saturated rings. The number of rotatable bonds is 1. The van der Waals surface area contributed by atoms with Gasteiger partial charge in [0.15, 0.2) is 0 Å². The van der Waals surface area contributed by atoms with Crippen molar-refractivity contribution in [3.8, 4) is 0 Å². The van der Waals surface area contributed by atoms with Crippen molar-refractivity contribution in [1.29, 1.82) is 0 Å². The third kappa shape index (κ3) is 2.00. The number of hydrogen-bond acceptors (Lipinski definition) is 2. The molecule has 0 radical (unpaired) electrons. The predicted molar refractivity (Wildman–Crippen MR) is 90.9 cm³/mol. The first-order valence-corrected chi connectivity index (χ1v) is 10.0. The summed E-state index contributed by atoms with van der Waals surface area (Å²) in [6.45, 7) is 6.15. The topological polar surface area (TPSA) is 32.8 Å². The quantitative estimate of drug-likeness (QED) is 0.577. The van der Waals surface area contributed by atoms with E-state index in [1.165, 1.54) is 38.5 Å². The van der Waals surface area contributed by atoms with Crippen LogP contribution in [0.2, 0.25) is 0 Å². The van der Waals surface area contributed by atoms with E-state index >= 15 is 0 Å². The lowest BCUT2D eigenvalue weighted by Crippen LogP contribution is -2.50. The second kappa shape index (κ2) is 4.85. The molecule has 5 aliphatic rings. The molecule has 0 aromatic carbocycles. The maximum atomic E-state index is 10.1. The Hall–Kier alpha value is -0.340. The summed E-state index contributed by atoms with van der Waals surface area (Å²) in [5, 5.41) is 10.1. The van der Waals surface area contributed by atoms with Crippen LogP contribution in [-0.2, 0) is 4.74 Å². The largest absolute Gasteiger partial charge is 0.393 e. The molecule has 1 saturated heterocycles. The zero-order valence-electron chi connectivity index (χ0n) is 14.8. The number of epoxide rings is 1. The Kier molecular flexibility index (Phi) is 3.15. The average Bonchev–Trinajstić information content (AvgIpc) is 3.29. The molecule has 0 aromatic heterocycles. The number of aliphatic hydroxyl groups is 1. The fourth-order valence-electron chi connectivity index (χ4n) is 7.58. The van der Waals surface area contributed by atoms with Crippen molar-refractivity contribution >= 4 is 0 Å². The van der Waals surface area contributed by atoms with Crippen LogP contribution in [0.15, 0.2) is 11.6 Å². The molecule has 8 atom stereocenters. The van der Waals surface area contributed by atoms with E-state index in [1.807, 2.05) is 0 Å². The average molecular weight is 316 g/mol. The van der Waals surface area contributed by atoms with E-state index in [0.717, 1.165) is 43.1 Å². The van der Waals surface area contributed by atoms with Gasteiger partial charge in [0.25, 0.3) is 0 Å². The molecule has 4 aliphatic carbocycles. The van der Waals surface area contributed by atoms with Gasteiger partial charge >= 0.3 is 0 Å². The van der Waals surface area contributed by atoms with Crippen LogP contribution in [0.4, 0.5) is 0 Å². The number of fused-ring (bicyclic) bond motifs is 5. The molecular formula is C21H32O2. The summed E-state index contributed by atoms with van der Waals surface area (Å²) < 4.78 is 5.72. The second-order valence-electron chi connectivity index (χ2n) is 9.76. The Morgan fingerprint density at radius 2 is 1.83 bits per heavy atom. The molecule has 0 unspecified atom stereocenters. The monoisotopic (exact) mass is 316 g/mol. The van der Waals surface area contributed by atoms with E-state index in [1.54, 1.807) is 5.57 Å². The van der Waals surface area contributed by atoms with Gasteiger partial charge in [0, 0.05) is 0 Å². The fourth-order valence-corrected chi connectivity index (χ4v) is 7.58. The van der Waals surface area contributed by atoms with Gasteiger partial charge in [-0.1, -0.05) is 25.5 Å². The molecule has 0 amide bonds. The van der Waals surface area contributed by atoms with E-state index in [4.69, 9.17) is 4.74 Å². The van der Waals surface area contributed by atoms with E-state index in [0.29, 0.717) is 16.9 Å². The molecule has 0 bridgehead atoms. The summed E-state index contributed by atoms with van der Waals surface area (Å²) in [6, 6.07) is 0. The third-order valence-electron chi connectivity index (χ3n) is 8.96. The number of ether oxygens (including phenoxy) is 1. The van der Waals surface area contributed by atoms with Crippen LogP contribution in [0.25, 0.3) is 0 Å². The maximum absolute atomic E-state index is 10.1. The lowest BCUT2D eigenvalue weighted by Gasteiger charge is -2.58. The normalized spacial score (nSPS) is 58.0. The van der Waals surface area contributed by atoms with Crippen LogP contribution >= 0.6 is 0 Å². The summed E-state index contributed by atoms with van der Waals surface area (Å²) in [6.07, 6.45) is 13.2. The van der Waals surface area contributed by atoms with Gasteiger partial charge in [-0.15, -0.1) is 0 Å². The Bertz CT molecular complexity index is 536. The Labute approximate surface area is 140 Å². The summed E-state index contributed by atoms with van der Waals surface area (Å²) in [5.41, 5.74) is 2.52. The number of allylic oxidation sites excluding steroid dienone is 1. The fraction of sp³-hybridized carbons (Fsp3) is 0.905. The van der Waals surface area contributed by atoms with Crippen molar-refractivity contribution < 1.29 is 9.84 Å². The van der Waals surface area contributed by atoms with Gasteiger partial charge in [-0.2, -0.15) is 0 Å². The van der Waals surface area contributed by atoms with Gasteiger partial charge in [-0.05, 0) is 85.9 Å². The zero-order valence-corrected chi connectivity index (χ0v) is 14.8. The molecule has 128 valence electrons.